The van der Waals surface area contributed by atoms with E-state index in [1.165, 1.54) is 0 Å². The van der Waals surface area contributed by atoms with Crippen LogP contribution in [0, 0.1) is 0 Å². The molecule has 0 spiro atoms. The van der Waals surface area contributed by atoms with Crippen LogP contribution in [-0.2, 0) is 26.7 Å². The van der Waals surface area contributed by atoms with Gasteiger partial charge in [0.1, 0.15) is 11.5 Å². The Morgan fingerprint density at radius 2 is 1.56 bits per heavy atom. The Morgan fingerprint density at radius 3 is 2.22 bits per heavy atom. The summed E-state index contributed by atoms with van der Waals surface area (Å²) >= 11 is 0. The van der Waals surface area contributed by atoms with Gasteiger partial charge in [0.15, 0.2) is 0 Å². The fourth-order valence-electron chi connectivity index (χ4n) is 4.17. The highest BCUT2D eigenvalue weighted by molar-refractivity contribution is 7.89. The molecule has 0 bridgehead atoms. The molecular formula is C29H36N2O4S. The summed E-state index contributed by atoms with van der Waals surface area (Å²) in [6.07, 6.45) is 0. The van der Waals surface area contributed by atoms with Crippen LogP contribution < -0.4 is 4.74 Å². The molecule has 0 amide bonds. The zero-order valence-corrected chi connectivity index (χ0v) is 22.2. The number of hydrogen-bond donors (Lipinski definition) is 0. The van der Waals surface area contributed by atoms with E-state index in [1.54, 1.807) is 16.4 Å². The molecule has 0 aromatic heterocycles. The van der Waals surface area contributed by atoms with Gasteiger partial charge < -0.3 is 9.47 Å². The second kappa shape index (κ2) is 11.6. The van der Waals surface area contributed by atoms with Gasteiger partial charge in [0.25, 0.3) is 0 Å². The van der Waals surface area contributed by atoms with E-state index in [0.29, 0.717) is 36.9 Å². The molecule has 1 saturated heterocycles. The standard InChI is InChI=1S/C29H36N2O4S/c1-29(2,3)25-12-14-28(15-13-25)36(32,33)31(17-16-30-18-20-34-21-19-30)23-24-8-7-11-27(22-24)35-26-9-5-4-6-10-26/h4-15,22H,16-21,23H2,1-3H3. The van der Waals surface area contributed by atoms with Gasteiger partial charge in [-0.3, -0.25) is 4.90 Å². The highest BCUT2D eigenvalue weighted by Gasteiger charge is 2.26. The van der Waals surface area contributed by atoms with Crippen molar-refractivity contribution in [3.63, 3.8) is 0 Å². The van der Waals surface area contributed by atoms with Gasteiger partial charge >= 0.3 is 0 Å². The highest BCUT2D eigenvalue weighted by atomic mass is 32.2. The molecule has 0 unspecified atom stereocenters. The number of para-hydroxylation sites is 1. The van der Waals surface area contributed by atoms with Crippen molar-refractivity contribution < 1.29 is 17.9 Å². The zero-order chi connectivity index (χ0) is 25.6. The molecule has 0 N–H and O–H groups in total. The largest absolute Gasteiger partial charge is 0.457 e. The Balaban J connectivity index is 1.57. The predicted molar refractivity (Wildman–Crippen MR) is 143 cm³/mol. The van der Waals surface area contributed by atoms with E-state index in [2.05, 4.69) is 25.7 Å². The maximum atomic E-state index is 13.8. The van der Waals surface area contributed by atoms with Crippen molar-refractivity contribution in [1.29, 1.82) is 0 Å². The van der Waals surface area contributed by atoms with Crippen LogP contribution in [0.2, 0.25) is 0 Å². The molecule has 1 aliphatic rings. The number of ether oxygens (including phenoxy) is 2. The van der Waals surface area contributed by atoms with Crippen LogP contribution in [0.5, 0.6) is 11.5 Å². The summed E-state index contributed by atoms with van der Waals surface area (Å²) < 4.78 is 40.6. The first-order valence-corrected chi connectivity index (χ1v) is 13.9. The van der Waals surface area contributed by atoms with E-state index in [0.717, 1.165) is 30.0 Å². The monoisotopic (exact) mass is 508 g/mol. The molecule has 3 aromatic carbocycles. The van der Waals surface area contributed by atoms with Crippen molar-refractivity contribution in [2.75, 3.05) is 39.4 Å². The van der Waals surface area contributed by atoms with Crippen molar-refractivity contribution in [2.45, 2.75) is 37.6 Å². The Kier molecular flexibility index (Phi) is 8.46. The van der Waals surface area contributed by atoms with Crippen LogP contribution in [0.3, 0.4) is 0 Å². The number of sulfonamides is 1. The van der Waals surface area contributed by atoms with Gasteiger partial charge in [-0.1, -0.05) is 63.2 Å². The van der Waals surface area contributed by atoms with Gasteiger partial charge in [-0.25, -0.2) is 8.42 Å². The van der Waals surface area contributed by atoms with Gasteiger partial charge in [-0.15, -0.1) is 0 Å². The van der Waals surface area contributed by atoms with Crippen molar-refractivity contribution in [3.05, 3.63) is 90.0 Å². The van der Waals surface area contributed by atoms with Crippen LogP contribution in [-0.4, -0.2) is 57.0 Å². The van der Waals surface area contributed by atoms with Crippen molar-refractivity contribution in [1.82, 2.24) is 9.21 Å². The van der Waals surface area contributed by atoms with Crippen molar-refractivity contribution in [2.24, 2.45) is 0 Å². The second-order valence-electron chi connectivity index (χ2n) is 10.1. The first kappa shape index (κ1) is 26.4. The SMILES string of the molecule is CC(C)(C)c1ccc(S(=O)(=O)N(CCN2CCOCC2)Cc2cccc(Oc3ccccc3)c2)cc1. The lowest BCUT2D eigenvalue weighted by Gasteiger charge is -2.30. The summed E-state index contributed by atoms with van der Waals surface area (Å²) in [6.45, 7) is 10.7. The molecule has 7 heteroatoms. The fourth-order valence-corrected chi connectivity index (χ4v) is 5.59. The van der Waals surface area contributed by atoms with Crippen molar-refractivity contribution in [3.8, 4) is 11.5 Å². The molecule has 1 aliphatic heterocycles. The average molecular weight is 509 g/mol. The number of benzene rings is 3. The molecule has 36 heavy (non-hydrogen) atoms. The van der Waals surface area contributed by atoms with Gasteiger partial charge in [0, 0.05) is 32.7 Å². The quantitative estimate of drug-likeness (QED) is 0.393. The smallest absolute Gasteiger partial charge is 0.243 e. The Labute approximate surface area is 215 Å². The molecular weight excluding hydrogens is 472 g/mol. The summed E-state index contributed by atoms with van der Waals surface area (Å²) in [5.41, 5.74) is 1.93. The summed E-state index contributed by atoms with van der Waals surface area (Å²) in [4.78, 5) is 2.57. The Bertz CT molecular complexity index is 1220. The molecule has 0 saturated carbocycles. The third-order valence-electron chi connectivity index (χ3n) is 6.36. The van der Waals surface area contributed by atoms with Crippen molar-refractivity contribution >= 4 is 10.0 Å². The molecule has 6 nitrogen and oxygen atoms in total. The molecule has 0 atom stereocenters. The fraction of sp³-hybridized carbons (Fsp3) is 0.379. The lowest BCUT2D eigenvalue weighted by molar-refractivity contribution is 0.0361. The molecule has 1 heterocycles. The summed E-state index contributed by atoms with van der Waals surface area (Å²) in [5, 5.41) is 0. The third-order valence-corrected chi connectivity index (χ3v) is 8.22. The normalized spacial score (nSPS) is 15.2. The summed E-state index contributed by atoms with van der Waals surface area (Å²) in [6, 6.07) is 24.5. The lowest BCUT2D eigenvalue weighted by Crippen LogP contribution is -2.42. The Hall–Kier alpha value is -2.71. The van der Waals surface area contributed by atoms with E-state index >= 15 is 0 Å². The Morgan fingerprint density at radius 1 is 0.889 bits per heavy atom. The summed E-state index contributed by atoms with van der Waals surface area (Å²) in [7, 11) is -3.70. The van der Waals surface area contributed by atoms with Crippen LogP contribution >= 0.6 is 0 Å². The minimum atomic E-state index is -3.70. The van der Waals surface area contributed by atoms with Crippen LogP contribution in [0.25, 0.3) is 0 Å². The van der Waals surface area contributed by atoms with Gasteiger partial charge in [-0.2, -0.15) is 4.31 Å². The number of rotatable bonds is 9. The topological polar surface area (TPSA) is 59.1 Å². The number of morpholine rings is 1. The highest BCUT2D eigenvalue weighted by Crippen LogP contribution is 2.27. The molecule has 1 fully saturated rings. The van der Waals surface area contributed by atoms with E-state index in [-0.39, 0.29) is 12.0 Å². The van der Waals surface area contributed by atoms with E-state index < -0.39 is 10.0 Å². The molecule has 3 aromatic rings. The van der Waals surface area contributed by atoms with Crippen LogP contribution in [0.1, 0.15) is 31.9 Å². The van der Waals surface area contributed by atoms with Gasteiger partial charge in [0.05, 0.1) is 18.1 Å². The van der Waals surface area contributed by atoms with E-state index in [9.17, 15) is 8.42 Å². The zero-order valence-electron chi connectivity index (χ0n) is 21.4. The lowest BCUT2D eigenvalue weighted by atomic mass is 9.87. The number of hydrogen-bond acceptors (Lipinski definition) is 5. The maximum absolute atomic E-state index is 13.8. The van der Waals surface area contributed by atoms with Gasteiger partial charge in [-0.05, 0) is 52.9 Å². The predicted octanol–water partition coefficient (Wildman–Crippen LogP) is 5.30. The minimum absolute atomic E-state index is 0.0441. The first-order chi connectivity index (χ1) is 17.2. The second-order valence-corrected chi connectivity index (χ2v) is 12.1. The maximum Gasteiger partial charge on any atom is 0.243 e. The molecule has 4 rings (SSSR count). The number of nitrogens with zero attached hydrogens (tertiary/aromatic N) is 2. The first-order valence-electron chi connectivity index (χ1n) is 12.4. The minimum Gasteiger partial charge on any atom is -0.457 e. The van der Waals surface area contributed by atoms with Crippen LogP contribution in [0.15, 0.2) is 83.8 Å². The molecule has 0 radical (unpaired) electrons. The van der Waals surface area contributed by atoms with E-state index in [4.69, 9.17) is 9.47 Å². The average Bonchev–Trinajstić information content (AvgIpc) is 2.87. The molecule has 0 aliphatic carbocycles. The molecule has 192 valence electrons. The van der Waals surface area contributed by atoms with E-state index in [1.807, 2.05) is 66.7 Å². The summed E-state index contributed by atoms with van der Waals surface area (Å²) in [5.74, 6) is 1.42. The third kappa shape index (κ3) is 6.95. The van der Waals surface area contributed by atoms with Crippen LogP contribution in [0.4, 0.5) is 0 Å². The van der Waals surface area contributed by atoms with Gasteiger partial charge in [0.2, 0.25) is 10.0 Å².